The quantitative estimate of drug-likeness (QED) is 0.339. The number of esters is 2. The average molecular weight is 559 g/mol. The van der Waals surface area contributed by atoms with Gasteiger partial charge in [0, 0.05) is 19.4 Å². The predicted molar refractivity (Wildman–Crippen MR) is 130 cm³/mol. The monoisotopic (exact) mass is 558 g/mol. The zero-order valence-corrected chi connectivity index (χ0v) is 22.9. The first-order chi connectivity index (χ1) is 18.7. The summed E-state index contributed by atoms with van der Waals surface area (Å²) in [4.78, 5) is 56.0. The Hall–Kier alpha value is -2.18. The molecule has 2 saturated carbocycles. The molecule has 11 nitrogen and oxygen atoms in total. The summed E-state index contributed by atoms with van der Waals surface area (Å²) in [6.07, 6.45) is 1.59. The highest BCUT2D eigenvalue weighted by molar-refractivity contribution is 5.99. The maximum Gasteiger partial charge on any atom is 0.342 e. The van der Waals surface area contributed by atoms with Gasteiger partial charge in [-0.15, -0.1) is 0 Å². The highest BCUT2D eigenvalue weighted by atomic mass is 16.8. The lowest BCUT2D eigenvalue weighted by molar-refractivity contribution is -0.381. The van der Waals surface area contributed by atoms with Gasteiger partial charge in [0.05, 0.1) is 30.0 Å². The number of methoxy groups -OCH3 is 1. The molecule has 0 radical (unpaired) electrons. The number of carbonyl (C=O) groups is 4. The Morgan fingerprint density at radius 2 is 1.85 bits per heavy atom. The van der Waals surface area contributed by atoms with Gasteiger partial charge < -0.3 is 33.9 Å². The van der Waals surface area contributed by atoms with Gasteiger partial charge in [0.15, 0.2) is 22.6 Å². The summed E-state index contributed by atoms with van der Waals surface area (Å²) in [7, 11) is 1.44. The molecule has 7 fully saturated rings. The van der Waals surface area contributed by atoms with Crippen LogP contribution in [-0.4, -0.2) is 87.8 Å². The zero-order valence-electron chi connectivity index (χ0n) is 22.9. The number of aliphatic hydroxyl groups is 2. The number of ketones is 2. The number of allylic oxidation sites excluding steroid dienone is 1. The van der Waals surface area contributed by atoms with Gasteiger partial charge in [-0.25, -0.2) is 4.79 Å². The number of hydrogen-bond acceptors (Lipinski definition) is 11. The van der Waals surface area contributed by atoms with Crippen LogP contribution in [-0.2, 0) is 42.9 Å². The van der Waals surface area contributed by atoms with Crippen LogP contribution in [0, 0.1) is 34.5 Å². The first-order valence-corrected chi connectivity index (χ1v) is 14.2. The van der Waals surface area contributed by atoms with E-state index in [1.165, 1.54) is 7.11 Å². The minimum Gasteiger partial charge on any atom is -0.458 e. The number of fused-ring (bicyclic) bond motifs is 5. The molecule has 5 heterocycles. The van der Waals surface area contributed by atoms with Crippen molar-refractivity contribution in [3.05, 3.63) is 12.2 Å². The molecule has 5 aliphatic heterocycles. The second kappa shape index (κ2) is 6.89. The van der Waals surface area contributed by atoms with Gasteiger partial charge in [-0.05, 0) is 50.9 Å². The fourth-order valence-electron chi connectivity index (χ4n) is 10.9. The molecule has 8 rings (SSSR count). The number of Topliss-reactive ketones (excluding diaryl/α,β-unsaturated/α-hetero) is 2. The van der Waals surface area contributed by atoms with E-state index >= 15 is 0 Å². The minimum absolute atomic E-state index is 0.000537. The molecule has 13 atom stereocenters. The third-order valence-electron chi connectivity index (χ3n) is 12.9. The van der Waals surface area contributed by atoms with Crippen LogP contribution >= 0.6 is 0 Å². The van der Waals surface area contributed by atoms with E-state index in [4.69, 9.17) is 23.7 Å². The highest BCUT2D eigenvalue weighted by Gasteiger charge is 2.93. The fourth-order valence-corrected chi connectivity index (χ4v) is 10.9. The molecule has 40 heavy (non-hydrogen) atoms. The lowest BCUT2D eigenvalue weighted by atomic mass is 9.46. The van der Waals surface area contributed by atoms with E-state index in [0.29, 0.717) is 0 Å². The van der Waals surface area contributed by atoms with Crippen LogP contribution in [0.15, 0.2) is 12.2 Å². The molecular weight excluding hydrogens is 524 g/mol. The first-order valence-electron chi connectivity index (χ1n) is 14.2. The predicted octanol–water partition coefficient (Wildman–Crippen LogP) is 0.377. The number of hydrogen-bond donors (Lipinski definition) is 2. The number of carbonyl (C=O) groups excluding carboxylic acids is 4. The largest absolute Gasteiger partial charge is 0.458 e. The number of rotatable bonds is 1. The molecule has 3 aliphatic carbocycles. The van der Waals surface area contributed by atoms with Crippen LogP contribution in [0.2, 0.25) is 0 Å². The minimum atomic E-state index is -2.28. The number of ether oxygens (including phenoxy) is 5. The van der Waals surface area contributed by atoms with Crippen molar-refractivity contribution in [2.24, 2.45) is 34.5 Å². The summed E-state index contributed by atoms with van der Waals surface area (Å²) < 4.78 is 31.1. The average Bonchev–Trinajstić information content (AvgIpc) is 3.22. The SMILES string of the molecule is CO[C@]12C=CCC(=O)[C@]1(C)[C@H]1CC[C@]3(O)C(=O)O[C@@]4(C)[C@H]5C[C@]6(C)[C@@H](CO[C@]7(O[C@@]43[C@H]6C7=O)[C@@H]1C[C@H]2O)C(=O)O5. The summed E-state index contributed by atoms with van der Waals surface area (Å²) >= 11 is 0. The van der Waals surface area contributed by atoms with E-state index in [-0.39, 0.29) is 44.5 Å². The van der Waals surface area contributed by atoms with Crippen molar-refractivity contribution in [3.63, 3.8) is 0 Å². The van der Waals surface area contributed by atoms with Gasteiger partial charge in [0.25, 0.3) is 0 Å². The molecule has 2 spiro atoms. The van der Waals surface area contributed by atoms with Crippen LogP contribution in [0.5, 0.6) is 0 Å². The molecule has 0 aromatic heterocycles. The van der Waals surface area contributed by atoms with Gasteiger partial charge >= 0.3 is 11.9 Å². The molecule has 0 aromatic rings. The molecule has 0 aromatic carbocycles. The van der Waals surface area contributed by atoms with Crippen LogP contribution in [0.1, 0.15) is 52.9 Å². The molecule has 2 N–H and O–H groups in total. The summed E-state index contributed by atoms with van der Waals surface area (Å²) in [5.74, 6) is -7.69. The Labute approximate surface area is 230 Å². The molecule has 0 unspecified atom stereocenters. The summed E-state index contributed by atoms with van der Waals surface area (Å²) in [6, 6.07) is 0. The van der Waals surface area contributed by atoms with Crippen molar-refractivity contribution >= 4 is 23.5 Å². The van der Waals surface area contributed by atoms with E-state index in [1.807, 2.05) is 6.92 Å². The smallest absolute Gasteiger partial charge is 0.342 e. The van der Waals surface area contributed by atoms with Gasteiger partial charge in [0.2, 0.25) is 5.79 Å². The van der Waals surface area contributed by atoms with E-state index in [1.54, 1.807) is 26.0 Å². The lowest BCUT2D eigenvalue weighted by Crippen LogP contribution is -2.79. The highest BCUT2D eigenvalue weighted by Crippen LogP contribution is 2.75. The Bertz CT molecular complexity index is 1340. The van der Waals surface area contributed by atoms with Crippen LogP contribution in [0.4, 0.5) is 0 Å². The second-order valence-electron chi connectivity index (χ2n) is 13.9. The Morgan fingerprint density at radius 3 is 2.58 bits per heavy atom. The lowest BCUT2D eigenvalue weighted by Gasteiger charge is -2.64. The maximum absolute atomic E-state index is 15.0. The number of aliphatic hydroxyl groups excluding tert-OH is 1. The summed E-state index contributed by atoms with van der Waals surface area (Å²) in [6.45, 7) is 4.93. The molecule has 11 heteroatoms. The van der Waals surface area contributed by atoms with Crippen molar-refractivity contribution in [2.45, 2.75) is 93.3 Å². The van der Waals surface area contributed by atoms with E-state index < -0.39 is 92.6 Å². The third kappa shape index (κ3) is 2.13. The molecule has 0 amide bonds. The molecule has 216 valence electrons. The molecular formula is C29H34O11. The Kier molecular flexibility index (Phi) is 4.39. The van der Waals surface area contributed by atoms with Crippen molar-refractivity contribution in [1.29, 1.82) is 0 Å². The standard InChI is InChI=1S/C29H34O11/c1-23-11-18-25(3)29-19(23)20(32)28(40-29,37-12-15(23)21(33)38-18)14-10-17(31)27(36-4)8-5-6-16(30)24(27,2)13(14)7-9-26(29,35)22(34)39-25/h5,8,13-15,17-19,31,35H,6-7,9-12H2,1-4H3/t13-,14+,15-,17+,18+,19-,23+,24-,25-,26-,27-,28-,29-/m0/s1. The van der Waals surface area contributed by atoms with E-state index in [2.05, 4.69) is 0 Å². The third-order valence-corrected chi connectivity index (χ3v) is 12.9. The molecule has 5 saturated heterocycles. The van der Waals surface area contributed by atoms with E-state index in [9.17, 15) is 29.4 Å². The maximum atomic E-state index is 15.0. The van der Waals surface area contributed by atoms with Gasteiger partial charge in [-0.3, -0.25) is 14.4 Å². The fraction of sp³-hybridized carbons (Fsp3) is 0.793. The van der Waals surface area contributed by atoms with Crippen molar-refractivity contribution in [1.82, 2.24) is 0 Å². The van der Waals surface area contributed by atoms with Crippen molar-refractivity contribution in [3.8, 4) is 0 Å². The van der Waals surface area contributed by atoms with Crippen LogP contribution in [0.3, 0.4) is 0 Å². The van der Waals surface area contributed by atoms with Gasteiger partial charge in [-0.1, -0.05) is 19.1 Å². The topological polar surface area (TPSA) is 155 Å². The van der Waals surface area contributed by atoms with Gasteiger partial charge in [-0.2, -0.15) is 0 Å². The normalized spacial score (nSPS) is 60.8. The first kappa shape index (κ1) is 25.5. The van der Waals surface area contributed by atoms with Crippen LogP contribution in [0.25, 0.3) is 0 Å². The van der Waals surface area contributed by atoms with Gasteiger partial charge in [0.1, 0.15) is 17.5 Å². The molecule has 8 aliphatic rings. The molecule has 5 bridgehead atoms. The second-order valence-corrected chi connectivity index (χ2v) is 13.9. The summed E-state index contributed by atoms with van der Waals surface area (Å²) in [5, 5.41) is 24.2. The zero-order chi connectivity index (χ0) is 28.5. The van der Waals surface area contributed by atoms with Crippen LogP contribution < -0.4 is 0 Å². The van der Waals surface area contributed by atoms with Crippen molar-refractivity contribution < 1.29 is 53.1 Å². The Morgan fingerprint density at radius 1 is 1.10 bits per heavy atom. The Balaban J connectivity index is 1.43. The van der Waals surface area contributed by atoms with E-state index in [0.717, 1.165) is 0 Å². The van der Waals surface area contributed by atoms with Crippen molar-refractivity contribution in [2.75, 3.05) is 13.7 Å². The summed E-state index contributed by atoms with van der Waals surface area (Å²) in [5.41, 5.74) is -9.61.